The third-order valence-corrected chi connectivity index (χ3v) is 0.396. The van der Waals surface area contributed by atoms with Crippen molar-refractivity contribution in [2.24, 2.45) is 0 Å². The van der Waals surface area contributed by atoms with Crippen LogP contribution in [0.25, 0.3) is 0 Å². The highest BCUT2D eigenvalue weighted by molar-refractivity contribution is 4.67. The fourth-order valence-corrected chi connectivity index (χ4v) is 0.131. The molecule has 0 aromatic rings. The molecule has 0 heterocycles. The molecule has 0 spiro atoms. The van der Waals surface area contributed by atoms with Gasteiger partial charge in [-0.25, -0.2) is 0 Å². The van der Waals surface area contributed by atoms with Gasteiger partial charge >= 0.3 is 0 Å². The highest BCUT2D eigenvalue weighted by Crippen LogP contribution is 1.84. The molecule has 0 aliphatic heterocycles. The van der Waals surface area contributed by atoms with Crippen LogP contribution >= 0.6 is 0 Å². The monoisotopic (exact) mass is 119 g/mol. The molecule has 46 valence electrons. The second-order valence-corrected chi connectivity index (χ2v) is 0.955. The molecule has 0 aromatic heterocycles. The molecule has 0 saturated heterocycles. The van der Waals surface area contributed by atoms with Gasteiger partial charge in [0, 0.05) is 0 Å². The highest BCUT2D eigenvalue weighted by atomic mass is 17.0. The maximum absolute atomic E-state index is 9.34. The third-order valence-electron chi connectivity index (χ3n) is 0.396. The van der Waals surface area contributed by atoms with Gasteiger partial charge in [0.15, 0.2) is 0 Å². The van der Waals surface area contributed by atoms with Crippen molar-refractivity contribution < 1.29 is 15.0 Å². The number of aliphatic hydroxyl groups is 1. The van der Waals surface area contributed by atoms with Crippen LogP contribution in [0.3, 0.4) is 0 Å². The topological polar surface area (TPSA) is 72.6 Å². The molecule has 8 heavy (non-hydrogen) atoms. The summed E-state index contributed by atoms with van der Waals surface area (Å²) in [6, 6.07) is 0. The summed E-state index contributed by atoms with van der Waals surface area (Å²) < 4.78 is 0. The number of rotatable bonds is 3. The van der Waals surface area contributed by atoms with E-state index in [9.17, 15) is 10.1 Å². The van der Waals surface area contributed by atoms with E-state index in [0.29, 0.717) is 0 Å². The predicted octanol–water partition coefficient (Wildman–Crippen LogP) is -0.301. The van der Waals surface area contributed by atoms with Gasteiger partial charge in [-0.05, 0) is 6.08 Å². The van der Waals surface area contributed by atoms with E-state index in [2.05, 4.69) is 11.4 Å². The van der Waals surface area contributed by atoms with E-state index in [1.807, 2.05) is 0 Å². The minimum absolute atomic E-state index is 0.906. The van der Waals surface area contributed by atoms with Gasteiger partial charge in [-0.15, -0.1) is 10.1 Å². The first-order valence-corrected chi connectivity index (χ1v) is 1.78. The summed E-state index contributed by atoms with van der Waals surface area (Å²) in [5, 5.41) is 16.5. The lowest BCUT2D eigenvalue weighted by molar-refractivity contribution is -0.775. The Hall–Kier alpha value is -1.10. The van der Waals surface area contributed by atoms with Gasteiger partial charge in [-0.3, -0.25) is 4.84 Å². The minimum atomic E-state index is -1.51. The van der Waals surface area contributed by atoms with Crippen LogP contribution in [0.4, 0.5) is 0 Å². The Bertz CT molecular complexity index is 101. The first kappa shape index (κ1) is 6.90. The fraction of sp³-hybridized carbons (Fsp3) is 0.333. The third kappa shape index (κ3) is 3.10. The van der Waals surface area contributed by atoms with E-state index in [0.717, 1.165) is 6.08 Å². The van der Waals surface area contributed by atoms with Gasteiger partial charge in [0.25, 0.3) is 5.09 Å². The maximum Gasteiger partial charge on any atom is 0.297 e. The summed E-state index contributed by atoms with van der Waals surface area (Å²) in [6.45, 7) is 3.03. The predicted molar refractivity (Wildman–Crippen MR) is 24.3 cm³/mol. The lowest BCUT2D eigenvalue weighted by atomic mass is 10.6. The lowest BCUT2D eigenvalue weighted by Crippen LogP contribution is -2.12. The zero-order valence-corrected chi connectivity index (χ0v) is 3.98. The second-order valence-electron chi connectivity index (χ2n) is 0.955. The van der Waals surface area contributed by atoms with E-state index in [-0.39, 0.29) is 0 Å². The van der Waals surface area contributed by atoms with E-state index in [1.165, 1.54) is 0 Å². The van der Waals surface area contributed by atoms with Gasteiger partial charge in [-0.2, -0.15) is 0 Å². The molecule has 0 saturated carbocycles. The summed E-state index contributed by atoms with van der Waals surface area (Å²) >= 11 is 0. The Labute approximate surface area is 45.3 Å². The van der Waals surface area contributed by atoms with E-state index < -0.39 is 11.4 Å². The second kappa shape index (κ2) is 2.98. The summed E-state index contributed by atoms with van der Waals surface area (Å²) in [4.78, 5) is 12.9. The molecule has 0 fully saturated rings. The number of hydrogen-bond donors (Lipinski definition) is 1. The van der Waals surface area contributed by atoms with Crippen molar-refractivity contribution in [2.75, 3.05) is 0 Å². The first-order valence-electron chi connectivity index (χ1n) is 1.78. The SMILES string of the molecule is C=CC(O)O[N+](=O)[O-]. The molecule has 1 unspecified atom stereocenters. The summed E-state index contributed by atoms with van der Waals surface area (Å²) in [5.41, 5.74) is 0. The van der Waals surface area contributed by atoms with E-state index in [1.54, 1.807) is 0 Å². The quantitative estimate of drug-likeness (QED) is 0.239. The normalized spacial score (nSPS) is 12.1. The number of hydrogen-bond acceptors (Lipinski definition) is 4. The van der Waals surface area contributed by atoms with Crippen molar-refractivity contribution in [1.82, 2.24) is 0 Å². The average Bonchev–Trinajstić information content (AvgIpc) is 1.65. The molecular formula is C3H5NO4. The molecule has 1 N–H and O–H groups in total. The molecule has 0 radical (unpaired) electrons. The minimum Gasteiger partial charge on any atom is -0.365 e. The van der Waals surface area contributed by atoms with Crippen molar-refractivity contribution in [2.45, 2.75) is 6.29 Å². The van der Waals surface area contributed by atoms with Crippen LogP contribution < -0.4 is 0 Å². The van der Waals surface area contributed by atoms with Gasteiger partial charge in [0.1, 0.15) is 0 Å². The molecule has 0 aromatic carbocycles. The standard InChI is InChI=1S/C3H5NO4/c1-2-3(5)8-4(6)7/h2-3,5H,1H2. The molecule has 0 aliphatic rings. The van der Waals surface area contributed by atoms with Crippen molar-refractivity contribution in [3.63, 3.8) is 0 Å². The number of aliphatic hydroxyl groups excluding tert-OH is 1. The molecule has 5 nitrogen and oxygen atoms in total. The van der Waals surface area contributed by atoms with E-state index >= 15 is 0 Å². The Morgan fingerprint density at radius 2 is 2.50 bits per heavy atom. The Kier molecular flexibility index (Phi) is 2.57. The maximum atomic E-state index is 9.34. The fourth-order valence-electron chi connectivity index (χ4n) is 0.131. The zero-order chi connectivity index (χ0) is 6.57. The highest BCUT2D eigenvalue weighted by Gasteiger charge is 2.00. The molecule has 0 amide bonds. The Balaban J connectivity index is 3.38. The Morgan fingerprint density at radius 1 is 2.00 bits per heavy atom. The molecule has 0 rings (SSSR count). The van der Waals surface area contributed by atoms with Crippen molar-refractivity contribution in [1.29, 1.82) is 0 Å². The van der Waals surface area contributed by atoms with Crippen LogP contribution in [0.15, 0.2) is 12.7 Å². The smallest absolute Gasteiger partial charge is 0.297 e. The summed E-state index contributed by atoms with van der Waals surface area (Å²) in [5.74, 6) is 0. The summed E-state index contributed by atoms with van der Waals surface area (Å²) in [7, 11) is 0. The molecular weight excluding hydrogens is 114 g/mol. The van der Waals surface area contributed by atoms with Crippen molar-refractivity contribution >= 4 is 0 Å². The van der Waals surface area contributed by atoms with Crippen LogP contribution in [0.2, 0.25) is 0 Å². The van der Waals surface area contributed by atoms with Gasteiger partial charge in [-0.1, -0.05) is 6.58 Å². The van der Waals surface area contributed by atoms with Crippen LogP contribution in [-0.2, 0) is 4.84 Å². The van der Waals surface area contributed by atoms with Gasteiger partial charge in [0.2, 0.25) is 6.29 Å². The van der Waals surface area contributed by atoms with Crippen LogP contribution in [0.5, 0.6) is 0 Å². The first-order chi connectivity index (χ1) is 3.66. The van der Waals surface area contributed by atoms with Gasteiger partial charge in [0.05, 0.1) is 0 Å². The largest absolute Gasteiger partial charge is 0.365 e. The van der Waals surface area contributed by atoms with Crippen LogP contribution in [0.1, 0.15) is 0 Å². The van der Waals surface area contributed by atoms with Crippen molar-refractivity contribution in [3.05, 3.63) is 22.8 Å². The molecule has 0 aliphatic carbocycles. The lowest BCUT2D eigenvalue weighted by Gasteiger charge is -1.98. The van der Waals surface area contributed by atoms with Crippen LogP contribution in [-0.4, -0.2) is 16.5 Å². The van der Waals surface area contributed by atoms with Gasteiger partial charge < -0.3 is 5.11 Å². The molecule has 0 bridgehead atoms. The Morgan fingerprint density at radius 3 is 2.62 bits per heavy atom. The zero-order valence-electron chi connectivity index (χ0n) is 3.98. The van der Waals surface area contributed by atoms with Crippen molar-refractivity contribution in [3.8, 4) is 0 Å². The molecule has 1 atom stereocenters. The van der Waals surface area contributed by atoms with E-state index in [4.69, 9.17) is 5.11 Å². The molecule has 5 heteroatoms. The summed E-state index contributed by atoms with van der Waals surface area (Å²) in [6.07, 6.45) is -0.604. The average molecular weight is 119 g/mol. The van der Waals surface area contributed by atoms with Crippen LogP contribution in [0, 0.1) is 10.1 Å². The number of nitrogens with zero attached hydrogens (tertiary/aromatic N) is 1.